The van der Waals surface area contributed by atoms with Gasteiger partial charge in [-0.2, -0.15) is 0 Å². The number of hydrogen-bond donors (Lipinski definition) is 4. The molecule has 5 heterocycles. The van der Waals surface area contributed by atoms with Gasteiger partial charge >= 0.3 is 12.2 Å². The molecular formula is C56H71F2N9O6. The summed E-state index contributed by atoms with van der Waals surface area (Å²) in [5.74, 6) is 0.206. The van der Waals surface area contributed by atoms with E-state index in [0.717, 1.165) is 84.6 Å². The number of amides is 4. The van der Waals surface area contributed by atoms with E-state index in [-0.39, 0.29) is 65.5 Å². The molecule has 5 fully saturated rings. The maximum atomic E-state index is 16.3. The number of halogens is 2. The lowest BCUT2D eigenvalue weighted by Crippen LogP contribution is -2.53. The van der Waals surface area contributed by atoms with Gasteiger partial charge in [0.15, 0.2) is 0 Å². The van der Waals surface area contributed by atoms with Crippen molar-refractivity contribution >= 4 is 51.8 Å². The predicted molar refractivity (Wildman–Crippen MR) is 273 cm³/mol. The van der Waals surface area contributed by atoms with Gasteiger partial charge in [0.1, 0.15) is 35.4 Å². The number of methoxy groups -OCH3 is 2. The van der Waals surface area contributed by atoms with Crippen molar-refractivity contribution < 1.29 is 37.4 Å². The molecule has 73 heavy (non-hydrogen) atoms. The molecule has 390 valence electrons. The summed E-state index contributed by atoms with van der Waals surface area (Å²) < 4.78 is 42.5. The van der Waals surface area contributed by atoms with Crippen LogP contribution < -0.4 is 15.5 Å². The van der Waals surface area contributed by atoms with Gasteiger partial charge in [-0.1, -0.05) is 73.4 Å². The van der Waals surface area contributed by atoms with E-state index in [0.29, 0.717) is 42.0 Å². The number of benzene rings is 3. The molecule has 3 aliphatic heterocycles. The minimum absolute atomic E-state index is 0.0354. The zero-order valence-corrected chi connectivity index (χ0v) is 43.6. The van der Waals surface area contributed by atoms with E-state index in [1.54, 1.807) is 20.8 Å². The predicted octanol–water partition coefficient (Wildman–Crippen LogP) is 10.7. The van der Waals surface area contributed by atoms with Crippen molar-refractivity contribution in [2.75, 3.05) is 19.1 Å². The summed E-state index contributed by atoms with van der Waals surface area (Å²) >= 11 is 0. The van der Waals surface area contributed by atoms with Crippen molar-refractivity contribution in [2.45, 2.75) is 166 Å². The van der Waals surface area contributed by atoms with E-state index in [4.69, 9.17) is 19.4 Å². The number of alkyl carbamates (subject to hydrolysis) is 2. The van der Waals surface area contributed by atoms with Crippen LogP contribution in [0.4, 0.5) is 24.1 Å². The van der Waals surface area contributed by atoms with Gasteiger partial charge < -0.3 is 44.8 Å². The van der Waals surface area contributed by atoms with Crippen molar-refractivity contribution in [3.05, 3.63) is 88.5 Å². The second-order valence-electron chi connectivity index (χ2n) is 23.1. The maximum absolute atomic E-state index is 16.3. The number of aromatic amines is 2. The summed E-state index contributed by atoms with van der Waals surface area (Å²) in [6.45, 7) is 13.1. The highest BCUT2D eigenvalue weighted by Gasteiger charge is 2.51. The van der Waals surface area contributed by atoms with Crippen LogP contribution in [0.2, 0.25) is 0 Å². The van der Waals surface area contributed by atoms with Gasteiger partial charge in [-0.3, -0.25) is 9.59 Å². The molecular weight excluding hydrogens is 933 g/mol. The van der Waals surface area contributed by atoms with Crippen molar-refractivity contribution in [2.24, 2.45) is 23.7 Å². The first-order valence-corrected chi connectivity index (χ1v) is 26.4. The average molecular weight is 1000 g/mol. The van der Waals surface area contributed by atoms with Gasteiger partial charge in [0, 0.05) is 23.3 Å². The van der Waals surface area contributed by atoms with Gasteiger partial charge in [0.25, 0.3) is 0 Å². The smallest absolute Gasteiger partial charge is 0.407 e. The molecule has 2 unspecified atom stereocenters. The third-order valence-electron chi connectivity index (χ3n) is 16.9. The van der Waals surface area contributed by atoms with Gasteiger partial charge in [-0.25, -0.2) is 28.3 Å². The Labute approximate surface area is 425 Å². The Morgan fingerprint density at radius 3 is 1.44 bits per heavy atom. The topological polar surface area (TPSA) is 178 Å². The van der Waals surface area contributed by atoms with E-state index in [1.807, 2.05) is 49.6 Å². The van der Waals surface area contributed by atoms with Gasteiger partial charge in [0.2, 0.25) is 11.8 Å². The third-order valence-corrected chi connectivity index (χ3v) is 16.9. The number of aromatic nitrogens is 4. The Morgan fingerprint density at radius 1 is 0.630 bits per heavy atom. The first kappa shape index (κ1) is 50.3. The lowest BCUT2D eigenvalue weighted by Gasteiger charge is -2.34. The molecule has 0 spiro atoms. The molecule has 5 aromatic rings. The monoisotopic (exact) mass is 1000 g/mol. The molecule has 10 rings (SSSR count). The van der Waals surface area contributed by atoms with E-state index in [2.05, 4.69) is 49.8 Å². The van der Waals surface area contributed by atoms with Crippen LogP contribution in [0.1, 0.15) is 165 Å². The molecule has 0 radical (unpaired) electrons. The van der Waals surface area contributed by atoms with Crippen LogP contribution >= 0.6 is 0 Å². The number of ether oxygens (including phenoxy) is 2. The molecule has 2 aromatic heterocycles. The van der Waals surface area contributed by atoms with E-state index in [1.165, 1.54) is 26.4 Å². The lowest BCUT2D eigenvalue weighted by molar-refractivity contribution is -0.138. The number of nitrogens with zero attached hydrogens (tertiary/aromatic N) is 5. The summed E-state index contributed by atoms with van der Waals surface area (Å²) in [7, 11) is 2.59. The Morgan fingerprint density at radius 2 is 1.05 bits per heavy atom. The van der Waals surface area contributed by atoms with Crippen LogP contribution in [0, 0.1) is 35.3 Å². The molecule has 0 bridgehead atoms. The summed E-state index contributed by atoms with van der Waals surface area (Å²) in [6.07, 6.45) is 7.49. The molecule has 5 aliphatic rings. The van der Waals surface area contributed by atoms with Crippen LogP contribution in [0.3, 0.4) is 0 Å². The number of carbonyl (C=O) groups excluding carboxylic acids is 4. The normalized spacial score (nSPS) is 25.7. The molecule has 4 amide bonds. The molecule has 3 saturated heterocycles. The third kappa shape index (κ3) is 9.16. The zero-order valence-electron chi connectivity index (χ0n) is 43.6. The number of nitrogens with one attached hydrogen (secondary N) is 4. The Bertz CT molecular complexity index is 2750. The highest BCUT2D eigenvalue weighted by Crippen LogP contribution is 2.52. The number of fused-ring (bicyclic) bond motifs is 4. The number of hydrogen-bond acceptors (Lipinski definition) is 9. The summed E-state index contributed by atoms with van der Waals surface area (Å²) in [5.41, 5.74) is 4.66. The van der Waals surface area contributed by atoms with Crippen LogP contribution in [-0.4, -0.2) is 92.1 Å². The number of anilines is 1. The van der Waals surface area contributed by atoms with Crippen molar-refractivity contribution in [3.63, 3.8) is 0 Å². The number of imidazole rings is 2. The maximum Gasteiger partial charge on any atom is 0.407 e. The quantitative estimate of drug-likeness (QED) is 0.100. The van der Waals surface area contributed by atoms with Crippen LogP contribution in [0.5, 0.6) is 0 Å². The average Bonchev–Trinajstić information content (AvgIpc) is 4.20. The molecule has 15 nitrogen and oxygen atoms in total. The fourth-order valence-electron chi connectivity index (χ4n) is 13.5. The van der Waals surface area contributed by atoms with Crippen molar-refractivity contribution in [1.82, 2.24) is 40.4 Å². The van der Waals surface area contributed by atoms with E-state index in [9.17, 15) is 19.2 Å². The largest absolute Gasteiger partial charge is 0.453 e. The van der Waals surface area contributed by atoms with Gasteiger partial charge in [-0.15, -0.1) is 0 Å². The Kier molecular flexibility index (Phi) is 13.5. The van der Waals surface area contributed by atoms with Crippen LogP contribution in [0.25, 0.3) is 22.1 Å². The fourth-order valence-corrected chi connectivity index (χ4v) is 13.5. The zero-order chi connectivity index (χ0) is 51.8. The number of H-pyrrole nitrogens is 2. The van der Waals surface area contributed by atoms with Crippen molar-refractivity contribution in [1.29, 1.82) is 0 Å². The standard InChI is InChI=1S/C56H71F2N9O6/c1-28(2)48(63-54(70)72-8)52(68)66-41-14-10-12-30(41)24-45(66)50-59-37-18-16-32(22-39(37)61-50)43-20-21-44(65(43)34-26-35(57)47(36(58)27-34)56(5,6)7)33-17-19-38-40(23-33)62-51(60-38)46-25-31-13-11-15-42(31)67(46)53(69)49(29(3)4)64-55(71)73-9/h16-19,22-23,26-31,41-46,48-49H,10-15,20-21,24-25H2,1-9H3,(H,59,61)(H,60,62)(H,63,70)(H,64,71)/t30-,31-,41-,42-,43+,44+,45?,46?,48-,49-/m0/s1. The highest BCUT2D eigenvalue weighted by atomic mass is 19.1. The molecule has 2 aliphatic carbocycles. The Balaban J connectivity index is 0.987. The molecule has 4 N–H and O–H groups in total. The van der Waals surface area contributed by atoms with E-state index >= 15 is 8.78 Å². The summed E-state index contributed by atoms with van der Waals surface area (Å²) in [4.78, 5) is 77.3. The second kappa shape index (κ2) is 19.5. The first-order chi connectivity index (χ1) is 34.8. The SMILES string of the molecule is COC(=O)N[C@H](C(=O)N1C(c2nc3cc([C@H]4CC[C@H](c5ccc6[nH]c(C7C[C@@H]8CCC[C@@H]8N7C(=O)[C@@H](NC(=O)OC)C(C)C)nc6c5)N4c4cc(F)c(C(C)(C)C)c(F)c4)ccc3[nH]2)C[C@@H]2CCC[C@@H]21)C(C)C. The summed E-state index contributed by atoms with van der Waals surface area (Å²) in [6, 6.07) is 12.5. The van der Waals surface area contributed by atoms with Crippen molar-refractivity contribution in [3.8, 4) is 0 Å². The molecule has 10 atom stereocenters. The molecule has 3 aromatic carbocycles. The van der Waals surface area contributed by atoms with Crippen LogP contribution in [0.15, 0.2) is 48.5 Å². The van der Waals surface area contributed by atoms with Gasteiger partial charge in [0.05, 0.1) is 60.5 Å². The number of rotatable bonds is 11. The number of carbonyl (C=O) groups is 4. The van der Waals surface area contributed by atoms with E-state index < -0.39 is 41.3 Å². The lowest BCUT2D eigenvalue weighted by atomic mass is 9.86. The minimum Gasteiger partial charge on any atom is -0.453 e. The van der Waals surface area contributed by atoms with Crippen LogP contribution in [-0.2, 0) is 24.5 Å². The minimum atomic E-state index is -0.765. The molecule has 2 saturated carbocycles. The van der Waals surface area contributed by atoms with Gasteiger partial charge in [-0.05, 0) is 128 Å². The highest BCUT2D eigenvalue weighted by molar-refractivity contribution is 5.88. The number of likely N-dealkylation sites (tertiary alicyclic amines) is 2. The second-order valence-corrected chi connectivity index (χ2v) is 23.1. The Hall–Kier alpha value is -6.26. The fraction of sp³-hybridized carbons (Fsp3) is 0.571. The first-order valence-electron chi connectivity index (χ1n) is 26.4. The molecule has 17 heteroatoms. The summed E-state index contributed by atoms with van der Waals surface area (Å²) in [5, 5.41) is 5.58.